The molecule has 4 heteroatoms. The van der Waals surface area contributed by atoms with Crippen LogP contribution < -0.4 is 0 Å². The second kappa shape index (κ2) is 18.5. The number of rotatable bonds is 0. The Morgan fingerprint density at radius 2 is 1.00 bits per heavy atom. The Balaban J connectivity index is 0. The van der Waals surface area contributed by atoms with Crippen LogP contribution in [0.25, 0.3) is 0 Å². The molecule has 0 amide bonds. The molecular formula is H3NaOPtRe. The third kappa shape index (κ3) is 8.85. The van der Waals surface area contributed by atoms with Gasteiger partial charge in [-0.2, -0.15) is 0 Å². The minimum absolute atomic E-state index is 0. The average molecular weight is 423 g/mol. The monoisotopic (exact) mass is 424 g/mol. The maximum Gasteiger partial charge on any atom is 0 e. The van der Waals surface area contributed by atoms with Crippen molar-refractivity contribution in [3.63, 3.8) is 0 Å². The maximum atomic E-state index is 0. The molecule has 0 spiro atoms. The van der Waals surface area contributed by atoms with Gasteiger partial charge in [0, 0.05) is 41.5 Å². The summed E-state index contributed by atoms with van der Waals surface area (Å²) in [4.78, 5) is 0. The van der Waals surface area contributed by atoms with Gasteiger partial charge in [0.2, 0.25) is 0 Å². The van der Waals surface area contributed by atoms with Gasteiger partial charge in [-0.1, -0.05) is 0 Å². The van der Waals surface area contributed by atoms with E-state index in [1.807, 2.05) is 0 Å². The van der Waals surface area contributed by atoms with E-state index in [0.29, 0.717) is 0 Å². The van der Waals surface area contributed by atoms with Crippen LogP contribution in [0.3, 0.4) is 0 Å². The van der Waals surface area contributed by atoms with Crippen molar-refractivity contribution in [3.05, 3.63) is 0 Å². The van der Waals surface area contributed by atoms with Gasteiger partial charge in [0.1, 0.15) is 0 Å². The van der Waals surface area contributed by atoms with Crippen LogP contribution >= 0.6 is 0 Å². The van der Waals surface area contributed by atoms with Crippen molar-refractivity contribution in [1.29, 1.82) is 0 Å². The molecule has 0 saturated heterocycles. The van der Waals surface area contributed by atoms with Gasteiger partial charge in [0.15, 0.2) is 0 Å². The van der Waals surface area contributed by atoms with Crippen LogP contribution in [0.1, 0.15) is 0 Å². The summed E-state index contributed by atoms with van der Waals surface area (Å²) >= 11 is 0. The van der Waals surface area contributed by atoms with E-state index >= 15 is 0 Å². The Hall–Kier alpha value is 2.31. The molecule has 1 radical (unpaired) electrons. The van der Waals surface area contributed by atoms with Crippen molar-refractivity contribution in [1.82, 2.24) is 0 Å². The van der Waals surface area contributed by atoms with E-state index in [4.69, 9.17) is 0 Å². The zero-order chi connectivity index (χ0) is 0. The van der Waals surface area contributed by atoms with Crippen molar-refractivity contribution >= 4 is 29.6 Å². The first-order chi connectivity index (χ1) is 0. The summed E-state index contributed by atoms with van der Waals surface area (Å²) in [5.41, 5.74) is 0. The molecule has 1 nitrogen and oxygen atoms in total. The fourth-order valence-corrected chi connectivity index (χ4v) is 0. The zero-order valence-corrected chi connectivity index (χ0v) is 6.18. The quantitative estimate of drug-likeness (QED) is 0.426. The summed E-state index contributed by atoms with van der Waals surface area (Å²) in [7, 11) is 0. The van der Waals surface area contributed by atoms with E-state index in [1.165, 1.54) is 0 Å². The SMILES string of the molecule is O.[NaH].[Pt].[Re]. The minimum atomic E-state index is 0. The molecule has 2 N–H and O–H groups in total. The summed E-state index contributed by atoms with van der Waals surface area (Å²) < 4.78 is 0. The molecule has 0 aromatic heterocycles. The molecule has 27 valence electrons. The van der Waals surface area contributed by atoms with E-state index in [-0.39, 0.29) is 76.5 Å². The first kappa shape index (κ1) is 33.3. The van der Waals surface area contributed by atoms with Gasteiger partial charge in [-0.05, 0) is 0 Å². The Labute approximate surface area is 75.4 Å². The van der Waals surface area contributed by atoms with Gasteiger partial charge < -0.3 is 5.48 Å². The van der Waals surface area contributed by atoms with Gasteiger partial charge in [-0.25, -0.2) is 0 Å². The third-order valence-electron chi connectivity index (χ3n) is 0. The van der Waals surface area contributed by atoms with Crippen LogP contribution in [-0.2, 0) is 41.5 Å². The van der Waals surface area contributed by atoms with Crippen molar-refractivity contribution in [3.8, 4) is 0 Å². The van der Waals surface area contributed by atoms with Gasteiger partial charge in [-0.15, -0.1) is 0 Å². The molecule has 0 aliphatic rings. The molecule has 0 unspecified atom stereocenters. The van der Waals surface area contributed by atoms with E-state index < -0.39 is 0 Å². The third-order valence-corrected chi connectivity index (χ3v) is 0. The Morgan fingerprint density at radius 3 is 1.00 bits per heavy atom. The van der Waals surface area contributed by atoms with Gasteiger partial charge in [0.25, 0.3) is 0 Å². The summed E-state index contributed by atoms with van der Waals surface area (Å²) in [5, 5.41) is 0. The predicted molar refractivity (Wildman–Crippen MR) is 10.8 cm³/mol. The summed E-state index contributed by atoms with van der Waals surface area (Å²) in [6.07, 6.45) is 0. The number of hydrogen-bond donors (Lipinski definition) is 0. The summed E-state index contributed by atoms with van der Waals surface area (Å²) in [6, 6.07) is 0. The van der Waals surface area contributed by atoms with Gasteiger partial charge in [-0.3, -0.25) is 0 Å². The fourth-order valence-electron chi connectivity index (χ4n) is 0. The first-order valence-electron chi connectivity index (χ1n) is 0. The molecule has 0 heterocycles. The van der Waals surface area contributed by atoms with E-state index in [1.54, 1.807) is 0 Å². The van der Waals surface area contributed by atoms with E-state index in [0.717, 1.165) is 0 Å². The van der Waals surface area contributed by atoms with Gasteiger partial charge in [0.05, 0.1) is 0 Å². The van der Waals surface area contributed by atoms with Crippen molar-refractivity contribution in [2.24, 2.45) is 0 Å². The maximum absolute atomic E-state index is 0. The Morgan fingerprint density at radius 1 is 1.00 bits per heavy atom. The normalized spacial score (nSPS) is 0. The minimum Gasteiger partial charge on any atom is 0 e. The van der Waals surface area contributed by atoms with Crippen LogP contribution in [0, 0.1) is 0 Å². The molecule has 4 heavy (non-hydrogen) atoms. The van der Waals surface area contributed by atoms with Crippen molar-refractivity contribution in [2.45, 2.75) is 0 Å². The molecule has 0 atom stereocenters. The van der Waals surface area contributed by atoms with Gasteiger partial charge >= 0.3 is 29.6 Å². The zero-order valence-electron chi connectivity index (χ0n) is 1.19. The molecule has 0 fully saturated rings. The van der Waals surface area contributed by atoms with Crippen LogP contribution in [0.2, 0.25) is 0 Å². The second-order valence-electron chi connectivity index (χ2n) is 0. The Bertz CT molecular complexity index is 8.00. The van der Waals surface area contributed by atoms with Crippen molar-refractivity contribution < 1.29 is 47.0 Å². The second-order valence-corrected chi connectivity index (χ2v) is 0. The molecule has 0 aliphatic heterocycles. The van der Waals surface area contributed by atoms with E-state index in [9.17, 15) is 0 Å². The van der Waals surface area contributed by atoms with Crippen LogP contribution in [0.4, 0.5) is 0 Å². The van der Waals surface area contributed by atoms with Crippen LogP contribution in [0.5, 0.6) is 0 Å². The number of hydrogen-bond acceptors (Lipinski definition) is 0. The average Bonchev–Trinajstić information content (AvgIpc) is 0. The van der Waals surface area contributed by atoms with Crippen LogP contribution in [0.15, 0.2) is 0 Å². The molecule has 0 aromatic rings. The van der Waals surface area contributed by atoms with Crippen LogP contribution in [-0.4, -0.2) is 35.0 Å². The molecule has 0 rings (SSSR count). The van der Waals surface area contributed by atoms with Crippen molar-refractivity contribution in [2.75, 3.05) is 0 Å². The van der Waals surface area contributed by atoms with E-state index in [2.05, 4.69) is 0 Å². The fraction of sp³-hybridized carbons (Fsp3) is 0. The molecule has 0 saturated carbocycles. The molecule has 0 bridgehead atoms. The summed E-state index contributed by atoms with van der Waals surface area (Å²) in [5.74, 6) is 0. The topological polar surface area (TPSA) is 31.5 Å². The smallest absolute Gasteiger partial charge is 0 e. The molecule has 0 aromatic carbocycles. The Kier molecular flexibility index (Phi) is 154. The molecule has 0 aliphatic carbocycles. The predicted octanol–water partition coefficient (Wildman–Crippen LogP) is -1.48. The largest absolute Gasteiger partial charge is 0 e. The summed E-state index contributed by atoms with van der Waals surface area (Å²) in [6.45, 7) is 0. The molecular weight excluding hydrogens is 420 g/mol. The first-order valence-corrected chi connectivity index (χ1v) is 0. The standard InChI is InChI=1S/Na.H2O.Pt.Re.H/h;1H2;;;.